The maximum Gasteiger partial charge on any atom is 0.217 e. The number of quaternary nitrogens is 2. The molecule has 0 aliphatic heterocycles. The SMILES string of the molecule is C=CC[N+](C)(CC=C)C(CCCCC)[N+](C)(CC=C)CC=C. The molecule has 0 N–H and O–H groups in total. The van der Waals surface area contributed by atoms with E-state index < -0.39 is 0 Å². The smallest absolute Gasteiger partial charge is 0.217 e. The topological polar surface area (TPSA) is 0 Å². The molecule has 22 heavy (non-hydrogen) atoms. The summed E-state index contributed by atoms with van der Waals surface area (Å²) in [4.78, 5) is 0. The van der Waals surface area contributed by atoms with Gasteiger partial charge >= 0.3 is 0 Å². The Morgan fingerprint density at radius 1 is 0.727 bits per heavy atom. The summed E-state index contributed by atoms with van der Waals surface area (Å²) in [5.74, 6) is 0. The van der Waals surface area contributed by atoms with Crippen LogP contribution >= 0.6 is 0 Å². The zero-order valence-corrected chi connectivity index (χ0v) is 15.3. The van der Waals surface area contributed by atoms with E-state index in [1.54, 1.807) is 0 Å². The normalized spacial score (nSPS) is 12.2. The van der Waals surface area contributed by atoms with Crippen LogP contribution in [-0.2, 0) is 0 Å². The van der Waals surface area contributed by atoms with E-state index in [-0.39, 0.29) is 0 Å². The second kappa shape index (κ2) is 10.6. The Kier molecular flexibility index (Phi) is 10.0. The van der Waals surface area contributed by atoms with E-state index in [0.29, 0.717) is 6.17 Å². The third kappa shape index (κ3) is 5.94. The molecule has 2 nitrogen and oxygen atoms in total. The van der Waals surface area contributed by atoms with Gasteiger partial charge in [0.15, 0.2) is 0 Å². The van der Waals surface area contributed by atoms with Gasteiger partial charge in [0.05, 0.1) is 20.5 Å². The molecule has 0 atom stereocenters. The second-order valence-electron chi connectivity index (χ2n) is 6.82. The highest BCUT2D eigenvalue weighted by Crippen LogP contribution is 2.26. The van der Waals surface area contributed by atoms with E-state index in [1.165, 1.54) is 25.7 Å². The maximum atomic E-state index is 3.98. The number of rotatable bonds is 14. The van der Waals surface area contributed by atoms with Crippen LogP contribution in [0.25, 0.3) is 0 Å². The summed E-state index contributed by atoms with van der Waals surface area (Å²) in [6.45, 7) is 22.0. The van der Waals surface area contributed by atoms with Crippen LogP contribution in [0.4, 0.5) is 0 Å². The summed E-state index contributed by atoms with van der Waals surface area (Å²) in [6.07, 6.45) is 13.7. The van der Waals surface area contributed by atoms with Crippen molar-refractivity contribution in [3.8, 4) is 0 Å². The monoisotopic (exact) mass is 306 g/mol. The minimum Gasteiger partial charge on any atom is -0.271 e. The first-order chi connectivity index (χ1) is 10.4. The molecule has 0 saturated carbocycles. The van der Waals surface area contributed by atoms with E-state index in [1.807, 2.05) is 24.3 Å². The Bertz CT molecular complexity index is 307. The van der Waals surface area contributed by atoms with Crippen molar-refractivity contribution in [3.05, 3.63) is 50.6 Å². The number of likely N-dealkylation sites (N-methyl/N-ethyl adjacent to an activating group) is 2. The molecule has 0 bridgehead atoms. The van der Waals surface area contributed by atoms with Crippen molar-refractivity contribution >= 4 is 0 Å². The first-order valence-corrected chi connectivity index (χ1v) is 8.56. The molecule has 0 aromatic carbocycles. The number of hydrogen-bond acceptors (Lipinski definition) is 0. The second-order valence-corrected chi connectivity index (χ2v) is 6.82. The van der Waals surface area contributed by atoms with Crippen LogP contribution in [0.1, 0.15) is 32.6 Å². The van der Waals surface area contributed by atoms with Crippen molar-refractivity contribution < 1.29 is 8.97 Å². The van der Waals surface area contributed by atoms with E-state index in [0.717, 1.165) is 35.1 Å². The fourth-order valence-electron chi connectivity index (χ4n) is 3.69. The number of unbranched alkanes of at least 4 members (excludes halogenated alkanes) is 2. The molecular weight excluding hydrogens is 268 g/mol. The summed E-state index contributed by atoms with van der Waals surface area (Å²) in [6, 6.07) is 0. The highest BCUT2D eigenvalue weighted by molar-refractivity contribution is 4.76. The average molecular weight is 307 g/mol. The van der Waals surface area contributed by atoms with Crippen molar-refractivity contribution in [2.24, 2.45) is 0 Å². The largest absolute Gasteiger partial charge is 0.271 e. The molecule has 0 aromatic rings. The lowest BCUT2D eigenvalue weighted by atomic mass is 10.1. The third-order valence-electron chi connectivity index (χ3n) is 4.69. The van der Waals surface area contributed by atoms with Crippen molar-refractivity contribution in [3.63, 3.8) is 0 Å². The van der Waals surface area contributed by atoms with Gasteiger partial charge in [-0.25, -0.2) is 0 Å². The molecular formula is C20H38N2+2. The maximum absolute atomic E-state index is 3.98. The van der Waals surface area contributed by atoms with Gasteiger partial charge in [-0.3, -0.25) is 8.97 Å². The zero-order valence-electron chi connectivity index (χ0n) is 15.3. The molecule has 0 aliphatic carbocycles. The lowest BCUT2D eigenvalue weighted by Crippen LogP contribution is -2.67. The van der Waals surface area contributed by atoms with Crippen molar-refractivity contribution in [2.75, 3.05) is 40.3 Å². The van der Waals surface area contributed by atoms with Gasteiger partial charge in [0, 0.05) is 0 Å². The summed E-state index contributed by atoms with van der Waals surface area (Å²) in [5, 5.41) is 0. The molecule has 0 radical (unpaired) electrons. The lowest BCUT2D eigenvalue weighted by Gasteiger charge is -2.49. The first kappa shape index (κ1) is 20.9. The highest BCUT2D eigenvalue weighted by atomic mass is 15.5. The minimum atomic E-state index is 0.499. The van der Waals surface area contributed by atoms with Crippen LogP contribution in [-0.4, -0.2) is 55.4 Å². The van der Waals surface area contributed by atoms with Gasteiger partial charge in [-0.15, -0.1) is 0 Å². The predicted octanol–water partition coefficient (Wildman–Crippen LogP) is 4.53. The van der Waals surface area contributed by atoms with Crippen LogP contribution in [0.5, 0.6) is 0 Å². The third-order valence-corrected chi connectivity index (χ3v) is 4.69. The summed E-state index contributed by atoms with van der Waals surface area (Å²) >= 11 is 0. The van der Waals surface area contributed by atoms with Crippen LogP contribution in [0.15, 0.2) is 50.6 Å². The molecule has 0 aliphatic rings. The van der Waals surface area contributed by atoms with E-state index in [9.17, 15) is 0 Å². The van der Waals surface area contributed by atoms with Gasteiger partial charge in [-0.1, -0.05) is 46.1 Å². The zero-order chi connectivity index (χ0) is 17.1. The molecule has 126 valence electrons. The number of nitrogens with zero attached hydrogens (tertiary/aromatic N) is 2. The lowest BCUT2D eigenvalue weighted by molar-refractivity contribution is -1.11. The van der Waals surface area contributed by atoms with Gasteiger partial charge in [0.25, 0.3) is 0 Å². The summed E-state index contributed by atoms with van der Waals surface area (Å²) in [7, 11) is 4.67. The minimum absolute atomic E-state index is 0.499. The van der Waals surface area contributed by atoms with E-state index in [4.69, 9.17) is 0 Å². The quantitative estimate of drug-likeness (QED) is 0.191. The van der Waals surface area contributed by atoms with Gasteiger partial charge in [-0.05, 0) is 30.7 Å². The van der Waals surface area contributed by atoms with Crippen LogP contribution in [0, 0.1) is 0 Å². The van der Waals surface area contributed by atoms with Crippen molar-refractivity contribution in [2.45, 2.75) is 38.8 Å². The standard InChI is InChI=1S/C20H38N2/c1-8-13-14-15-20(21(6,16-9-2)17-10-3)22(7,18-11-4)19-12-5/h9-12,20H,2-5,8,13-19H2,1,6-7H3/q+2. The Morgan fingerprint density at radius 2 is 1.09 bits per heavy atom. The Balaban J connectivity index is 5.61. The van der Waals surface area contributed by atoms with E-state index >= 15 is 0 Å². The molecule has 0 spiro atoms. The summed E-state index contributed by atoms with van der Waals surface area (Å²) < 4.78 is 1.91. The van der Waals surface area contributed by atoms with Gasteiger partial charge in [-0.2, -0.15) is 0 Å². The Hall–Kier alpha value is -1.12. The van der Waals surface area contributed by atoms with Gasteiger partial charge < -0.3 is 0 Å². The van der Waals surface area contributed by atoms with Crippen molar-refractivity contribution in [1.82, 2.24) is 0 Å². The molecule has 0 rings (SSSR count). The average Bonchev–Trinajstić information content (AvgIpc) is 2.44. The number of hydrogen-bond donors (Lipinski definition) is 0. The molecule has 2 heteroatoms. The highest BCUT2D eigenvalue weighted by Gasteiger charge is 2.43. The fourth-order valence-corrected chi connectivity index (χ4v) is 3.69. The Labute approximate surface area is 139 Å². The van der Waals surface area contributed by atoms with Crippen LogP contribution in [0.3, 0.4) is 0 Å². The van der Waals surface area contributed by atoms with Crippen LogP contribution < -0.4 is 0 Å². The molecule has 0 fully saturated rings. The molecule has 0 unspecified atom stereocenters. The first-order valence-electron chi connectivity index (χ1n) is 8.56. The predicted molar refractivity (Wildman–Crippen MR) is 101 cm³/mol. The van der Waals surface area contributed by atoms with Crippen molar-refractivity contribution in [1.29, 1.82) is 0 Å². The molecule has 0 amide bonds. The fraction of sp³-hybridized carbons (Fsp3) is 0.600. The molecule has 0 heterocycles. The Morgan fingerprint density at radius 3 is 1.36 bits per heavy atom. The van der Waals surface area contributed by atoms with Gasteiger partial charge in [0.1, 0.15) is 26.2 Å². The molecule has 0 aromatic heterocycles. The molecule has 0 saturated heterocycles. The van der Waals surface area contributed by atoms with Gasteiger partial charge in [0.2, 0.25) is 6.17 Å². The van der Waals surface area contributed by atoms with E-state index in [2.05, 4.69) is 47.3 Å². The summed E-state index contributed by atoms with van der Waals surface area (Å²) in [5.41, 5.74) is 0. The van der Waals surface area contributed by atoms with Crippen LogP contribution in [0.2, 0.25) is 0 Å².